The Morgan fingerprint density at radius 3 is 2.70 bits per heavy atom. The highest BCUT2D eigenvalue weighted by Crippen LogP contribution is 2.37. The van der Waals surface area contributed by atoms with Crippen molar-refractivity contribution in [2.24, 2.45) is 0 Å². The van der Waals surface area contributed by atoms with Crippen LogP contribution in [0.25, 0.3) is 0 Å². The van der Waals surface area contributed by atoms with Gasteiger partial charge in [-0.3, -0.25) is 10.1 Å². The van der Waals surface area contributed by atoms with Crippen molar-refractivity contribution in [2.75, 3.05) is 24.5 Å². The second-order valence-electron chi connectivity index (χ2n) is 4.70. The Labute approximate surface area is 113 Å². The largest absolute Gasteiger partial charge is 0.416 e. The van der Waals surface area contributed by atoms with Crippen molar-refractivity contribution in [3.05, 3.63) is 33.9 Å². The van der Waals surface area contributed by atoms with Gasteiger partial charge in [0.25, 0.3) is 5.69 Å². The molecule has 0 bridgehead atoms. The first kappa shape index (κ1) is 14.6. The van der Waals surface area contributed by atoms with Crippen LogP contribution < -0.4 is 10.2 Å². The number of nitrogens with zero attached hydrogens (tertiary/aromatic N) is 2. The Morgan fingerprint density at radius 1 is 1.45 bits per heavy atom. The van der Waals surface area contributed by atoms with Crippen LogP contribution in [0.4, 0.5) is 24.5 Å². The fourth-order valence-electron chi connectivity index (χ4n) is 2.29. The molecule has 1 aliphatic heterocycles. The van der Waals surface area contributed by atoms with Gasteiger partial charge in [0.15, 0.2) is 0 Å². The molecule has 20 heavy (non-hydrogen) atoms. The molecule has 0 radical (unpaired) electrons. The van der Waals surface area contributed by atoms with Gasteiger partial charge in [-0.2, -0.15) is 13.2 Å². The summed E-state index contributed by atoms with van der Waals surface area (Å²) >= 11 is 0. The number of hydrogen-bond acceptors (Lipinski definition) is 4. The molecule has 1 aliphatic rings. The Bertz CT molecular complexity index is 519. The lowest BCUT2D eigenvalue weighted by atomic mass is 10.1. The van der Waals surface area contributed by atoms with Crippen LogP contribution in [0, 0.1) is 10.1 Å². The van der Waals surface area contributed by atoms with Crippen molar-refractivity contribution < 1.29 is 18.1 Å². The highest BCUT2D eigenvalue weighted by atomic mass is 19.4. The first-order chi connectivity index (χ1) is 9.30. The SMILES string of the molecule is C[C@H]1CNCCN1c1ccc(C(F)(F)F)cc1[N+](=O)[O-]. The number of rotatable bonds is 2. The number of alkyl halides is 3. The van der Waals surface area contributed by atoms with E-state index >= 15 is 0 Å². The highest BCUT2D eigenvalue weighted by molar-refractivity contribution is 5.65. The second kappa shape index (κ2) is 5.28. The van der Waals surface area contributed by atoms with E-state index < -0.39 is 22.4 Å². The molecule has 5 nitrogen and oxygen atoms in total. The predicted octanol–water partition coefficient (Wildman–Crippen LogP) is 2.41. The van der Waals surface area contributed by atoms with Crippen LogP contribution in [0.3, 0.4) is 0 Å². The van der Waals surface area contributed by atoms with Crippen molar-refractivity contribution >= 4 is 11.4 Å². The third kappa shape index (κ3) is 2.84. The van der Waals surface area contributed by atoms with Crippen molar-refractivity contribution in [3.8, 4) is 0 Å². The van der Waals surface area contributed by atoms with Gasteiger partial charge in [-0.1, -0.05) is 0 Å². The number of halogens is 3. The fraction of sp³-hybridized carbons (Fsp3) is 0.500. The summed E-state index contributed by atoms with van der Waals surface area (Å²) in [5.74, 6) is 0. The van der Waals surface area contributed by atoms with Crippen LogP contribution in [-0.4, -0.2) is 30.6 Å². The van der Waals surface area contributed by atoms with Gasteiger partial charge in [-0.05, 0) is 19.1 Å². The normalized spacial score (nSPS) is 20.0. The molecule has 0 saturated carbocycles. The summed E-state index contributed by atoms with van der Waals surface area (Å²) < 4.78 is 37.9. The maximum Gasteiger partial charge on any atom is 0.416 e. The van der Waals surface area contributed by atoms with E-state index in [1.54, 1.807) is 4.90 Å². The number of hydrogen-bond donors (Lipinski definition) is 1. The molecule has 110 valence electrons. The van der Waals surface area contributed by atoms with Crippen molar-refractivity contribution in [1.29, 1.82) is 0 Å². The van der Waals surface area contributed by atoms with Gasteiger partial charge in [0.1, 0.15) is 5.69 Å². The molecular formula is C12H14F3N3O2. The number of benzene rings is 1. The van der Waals surface area contributed by atoms with Gasteiger partial charge >= 0.3 is 6.18 Å². The van der Waals surface area contributed by atoms with Gasteiger partial charge in [0, 0.05) is 31.7 Å². The number of nitro benzene ring substituents is 1. The maximum atomic E-state index is 12.6. The molecule has 1 fully saturated rings. The average Bonchev–Trinajstić information content (AvgIpc) is 2.37. The first-order valence-corrected chi connectivity index (χ1v) is 6.13. The minimum absolute atomic E-state index is 0.0146. The minimum Gasteiger partial charge on any atom is -0.361 e. The molecule has 1 atom stereocenters. The topological polar surface area (TPSA) is 58.4 Å². The molecule has 1 N–H and O–H groups in total. The second-order valence-corrected chi connectivity index (χ2v) is 4.70. The van der Waals surface area contributed by atoms with E-state index in [1.165, 1.54) is 6.07 Å². The molecule has 0 aromatic heterocycles. The molecule has 0 unspecified atom stereocenters. The summed E-state index contributed by atoms with van der Waals surface area (Å²) in [7, 11) is 0. The van der Waals surface area contributed by atoms with E-state index in [4.69, 9.17) is 0 Å². The van der Waals surface area contributed by atoms with Gasteiger partial charge in [0.05, 0.1) is 10.5 Å². The average molecular weight is 289 g/mol. The van der Waals surface area contributed by atoms with Crippen molar-refractivity contribution in [1.82, 2.24) is 5.32 Å². The van der Waals surface area contributed by atoms with Crippen LogP contribution >= 0.6 is 0 Å². The zero-order valence-corrected chi connectivity index (χ0v) is 10.8. The monoisotopic (exact) mass is 289 g/mol. The third-order valence-corrected chi connectivity index (χ3v) is 3.31. The molecule has 2 rings (SSSR count). The summed E-state index contributed by atoms with van der Waals surface area (Å²) in [5.41, 5.74) is -1.28. The van der Waals surface area contributed by atoms with Crippen LogP contribution in [0.15, 0.2) is 18.2 Å². The van der Waals surface area contributed by atoms with Crippen LogP contribution in [-0.2, 0) is 6.18 Å². The summed E-state index contributed by atoms with van der Waals surface area (Å²) in [5, 5.41) is 14.2. The molecule has 0 spiro atoms. The van der Waals surface area contributed by atoms with E-state index in [0.717, 1.165) is 6.07 Å². The van der Waals surface area contributed by atoms with E-state index in [0.29, 0.717) is 25.7 Å². The molecule has 0 aliphatic carbocycles. The zero-order chi connectivity index (χ0) is 14.9. The van der Waals surface area contributed by atoms with E-state index in [9.17, 15) is 23.3 Å². The Hall–Kier alpha value is -1.83. The summed E-state index contributed by atoms with van der Waals surface area (Å²) in [6.45, 7) is 3.67. The predicted molar refractivity (Wildman–Crippen MR) is 67.8 cm³/mol. The first-order valence-electron chi connectivity index (χ1n) is 6.13. The molecule has 1 saturated heterocycles. The Morgan fingerprint density at radius 2 is 2.15 bits per heavy atom. The Balaban J connectivity index is 2.45. The van der Waals surface area contributed by atoms with Crippen LogP contribution in [0.2, 0.25) is 0 Å². The summed E-state index contributed by atoms with van der Waals surface area (Å²) in [6.07, 6.45) is -4.58. The van der Waals surface area contributed by atoms with E-state index in [2.05, 4.69) is 5.32 Å². The molecule has 1 aromatic rings. The lowest BCUT2D eigenvalue weighted by molar-refractivity contribution is -0.384. The zero-order valence-electron chi connectivity index (χ0n) is 10.8. The van der Waals surface area contributed by atoms with Crippen LogP contribution in [0.5, 0.6) is 0 Å². The smallest absolute Gasteiger partial charge is 0.361 e. The number of nitro groups is 1. The fourth-order valence-corrected chi connectivity index (χ4v) is 2.29. The summed E-state index contributed by atoms with van der Waals surface area (Å²) in [4.78, 5) is 12.0. The summed E-state index contributed by atoms with van der Waals surface area (Å²) in [6, 6.07) is 2.66. The standard InChI is InChI=1S/C12H14F3N3O2/c1-8-7-16-4-5-17(8)10-3-2-9(12(13,14)15)6-11(10)18(19)20/h2-3,6,8,16H,4-5,7H2,1H3/t8-/m0/s1. The minimum atomic E-state index is -4.58. The van der Waals surface area contributed by atoms with Gasteiger partial charge in [-0.15, -0.1) is 0 Å². The molecule has 8 heteroatoms. The maximum absolute atomic E-state index is 12.6. The Kier molecular flexibility index (Phi) is 3.85. The van der Waals surface area contributed by atoms with Gasteiger partial charge in [0.2, 0.25) is 0 Å². The molecule has 0 amide bonds. The van der Waals surface area contributed by atoms with E-state index in [-0.39, 0.29) is 11.7 Å². The lowest BCUT2D eigenvalue weighted by Crippen LogP contribution is -2.50. The number of anilines is 1. The lowest BCUT2D eigenvalue weighted by Gasteiger charge is -2.35. The molecular weight excluding hydrogens is 275 g/mol. The third-order valence-electron chi connectivity index (χ3n) is 3.31. The molecule has 1 aromatic carbocycles. The van der Waals surface area contributed by atoms with Crippen molar-refractivity contribution in [2.45, 2.75) is 19.1 Å². The number of piperazine rings is 1. The van der Waals surface area contributed by atoms with Gasteiger partial charge < -0.3 is 10.2 Å². The molecule has 1 heterocycles. The van der Waals surface area contributed by atoms with E-state index in [1.807, 2.05) is 6.92 Å². The highest BCUT2D eigenvalue weighted by Gasteiger charge is 2.34. The van der Waals surface area contributed by atoms with Crippen molar-refractivity contribution in [3.63, 3.8) is 0 Å². The number of nitrogens with one attached hydrogen (secondary N) is 1. The van der Waals surface area contributed by atoms with Crippen LogP contribution in [0.1, 0.15) is 12.5 Å². The quantitative estimate of drug-likeness (QED) is 0.671. The van der Waals surface area contributed by atoms with Gasteiger partial charge in [-0.25, -0.2) is 0 Å².